The van der Waals surface area contributed by atoms with E-state index in [1.165, 1.54) is 24.0 Å². The Morgan fingerprint density at radius 3 is 2.53 bits per heavy atom. The first-order valence-electron chi connectivity index (χ1n) is 17.3. The summed E-state index contributed by atoms with van der Waals surface area (Å²) in [5.74, 6) is 1.76. The summed E-state index contributed by atoms with van der Waals surface area (Å²) in [6.45, 7) is 14.5. The number of piperidine rings is 1. The first-order valence-corrected chi connectivity index (χ1v) is 17.3. The van der Waals surface area contributed by atoms with E-state index in [1.807, 2.05) is 27.0 Å². The minimum absolute atomic E-state index is 0.0682. The van der Waals surface area contributed by atoms with E-state index in [1.54, 1.807) is 0 Å². The zero-order valence-electron chi connectivity index (χ0n) is 28.1. The van der Waals surface area contributed by atoms with E-state index < -0.39 is 17.4 Å². The van der Waals surface area contributed by atoms with Gasteiger partial charge >= 0.3 is 6.16 Å². The van der Waals surface area contributed by atoms with Crippen molar-refractivity contribution in [2.45, 2.75) is 108 Å². The van der Waals surface area contributed by atoms with Crippen LogP contribution in [0.5, 0.6) is 11.5 Å². The predicted molar refractivity (Wildman–Crippen MR) is 168 cm³/mol. The van der Waals surface area contributed by atoms with Gasteiger partial charge in [-0.25, -0.2) is 4.79 Å². The lowest BCUT2D eigenvalue weighted by Crippen LogP contribution is -2.83. The highest BCUT2D eigenvalue weighted by atomic mass is 16.7. The molecule has 7 atom stereocenters. The van der Waals surface area contributed by atoms with Crippen LogP contribution < -0.4 is 9.47 Å². The second kappa shape index (κ2) is 11.1. The minimum Gasteiger partial charge on any atom is -0.482 e. The lowest BCUT2D eigenvalue weighted by atomic mass is 9.33. The summed E-state index contributed by atoms with van der Waals surface area (Å²) in [5.41, 5.74) is 0.160. The van der Waals surface area contributed by atoms with E-state index in [4.69, 9.17) is 28.4 Å². The molecule has 1 aromatic rings. The zero-order chi connectivity index (χ0) is 31.8. The van der Waals surface area contributed by atoms with E-state index in [2.05, 4.69) is 31.7 Å². The van der Waals surface area contributed by atoms with Crippen molar-refractivity contribution in [1.82, 2.24) is 4.90 Å². The molecular formula is C36H53NO8. The molecule has 1 saturated heterocycles. The minimum atomic E-state index is -0.986. The van der Waals surface area contributed by atoms with Crippen LogP contribution >= 0.6 is 0 Å². The summed E-state index contributed by atoms with van der Waals surface area (Å²) >= 11 is 0. The van der Waals surface area contributed by atoms with Crippen LogP contribution in [0.4, 0.5) is 4.79 Å². The Balaban J connectivity index is 1.24. The van der Waals surface area contributed by atoms with Gasteiger partial charge in [0, 0.05) is 48.6 Å². The van der Waals surface area contributed by atoms with E-state index >= 15 is 0 Å². The molecule has 9 heteroatoms. The number of hydrogen-bond acceptors (Lipinski definition) is 9. The maximum atomic E-state index is 12.9. The first kappa shape index (κ1) is 31.7. The number of likely N-dealkylation sites (tertiary alicyclic amines) is 1. The summed E-state index contributed by atoms with van der Waals surface area (Å²) < 4.78 is 35.8. The molecule has 250 valence electrons. The molecule has 1 N–H and O–H groups in total. The van der Waals surface area contributed by atoms with Crippen molar-refractivity contribution in [3.05, 3.63) is 23.3 Å². The molecule has 45 heavy (non-hydrogen) atoms. The smallest absolute Gasteiger partial charge is 0.482 e. The van der Waals surface area contributed by atoms with E-state index in [0.717, 1.165) is 51.1 Å². The Morgan fingerprint density at radius 2 is 1.82 bits per heavy atom. The third-order valence-electron chi connectivity index (χ3n) is 13.1. The monoisotopic (exact) mass is 627 g/mol. The molecule has 5 fully saturated rings. The number of aliphatic hydroxyl groups is 1. The fraction of sp³-hybridized carbons (Fsp3) is 0.806. The Bertz CT molecular complexity index is 1300. The summed E-state index contributed by atoms with van der Waals surface area (Å²) in [7, 11) is 1.81. The first-order chi connectivity index (χ1) is 21.4. The van der Waals surface area contributed by atoms with Gasteiger partial charge in [0.25, 0.3) is 0 Å². The maximum Gasteiger partial charge on any atom is 0.514 e. The van der Waals surface area contributed by atoms with Gasteiger partial charge in [0.2, 0.25) is 0 Å². The molecule has 0 amide bonds. The zero-order valence-corrected chi connectivity index (χ0v) is 28.1. The number of benzene rings is 1. The second-order valence-electron chi connectivity index (χ2n) is 15.8. The van der Waals surface area contributed by atoms with Gasteiger partial charge in [-0.2, -0.15) is 0 Å². The Morgan fingerprint density at radius 1 is 1.07 bits per heavy atom. The van der Waals surface area contributed by atoms with Gasteiger partial charge in [0.15, 0.2) is 11.5 Å². The number of ether oxygens (including phenoxy) is 6. The molecule has 2 aliphatic heterocycles. The number of rotatable bonds is 12. The fourth-order valence-electron chi connectivity index (χ4n) is 10.3. The van der Waals surface area contributed by atoms with Gasteiger partial charge in [-0.1, -0.05) is 26.8 Å². The quantitative estimate of drug-likeness (QED) is 0.189. The third kappa shape index (κ3) is 4.54. The molecule has 1 aromatic carbocycles. The van der Waals surface area contributed by atoms with Crippen LogP contribution in [0, 0.1) is 22.7 Å². The van der Waals surface area contributed by atoms with Crippen molar-refractivity contribution in [3.8, 4) is 11.5 Å². The highest BCUT2D eigenvalue weighted by Crippen LogP contribution is 2.78. The normalized spacial score (nSPS) is 35.8. The van der Waals surface area contributed by atoms with Gasteiger partial charge in [-0.15, -0.1) is 0 Å². The van der Waals surface area contributed by atoms with E-state index in [9.17, 15) is 9.90 Å². The second-order valence-corrected chi connectivity index (χ2v) is 15.8. The van der Waals surface area contributed by atoms with Crippen LogP contribution in [0.2, 0.25) is 0 Å². The molecule has 0 aromatic heterocycles. The molecule has 4 saturated carbocycles. The van der Waals surface area contributed by atoms with Crippen LogP contribution in [0.25, 0.3) is 0 Å². The van der Waals surface area contributed by atoms with Crippen molar-refractivity contribution < 1.29 is 38.3 Å². The fourth-order valence-corrected chi connectivity index (χ4v) is 10.3. The molecule has 0 radical (unpaired) electrons. The molecule has 4 bridgehead atoms. The maximum absolute atomic E-state index is 12.9. The number of nitrogens with zero attached hydrogens (tertiary/aromatic N) is 1. The number of fused-ring (bicyclic) bond motifs is 2. The van der Waals surface area contributed by atoms with Crippen molar-refractivity contribution >= 4 is 6.16 Å². The third-order valence-corrected chi connectivity index (χ3v) is 13.1. The highest BCUT2D eigenvalue weighted by Gasteiger charge is 2.82. The number of hydrogen-bond donors (Lipinski definition) is 1. The Kier molecular flexibility index (Phi) is 7.80. The van der Waals surface area contributed by atoms with E-state index in [-0.39, 0.29) is 41.5 Å². The lowest BCUT2D eigenvalue weighted by molar-refractivity contribution is -0.312. The average molecular weight is 628 g/mol. The molecule has 9 nitrogen and oxygen atoms in total. The van der Waals surface area contributed by atoms with Crippen LogP contribution in [0.3, 0.4) is 0 Å². The molecule has 2 heterocycles. The van der Waals surface area contributed by atoms with Gasteiger partial charge in [0.05, 0.1) is 25.4 Å². The summed E-state index contributed by atoms with van der Waals surface area (Å²) in [6.07, 6.45) is 6.31. The predicted octanol–water partition coefficient (Wildman–Crippen LogP) is 5.28. The summed E-state index contributed by atoms with van der Waals surface area (Å²) in [5, 5.41) is 12.4. The summed E-state index contributed by atoms with van der Waals surface area (Å²) in [6, 6.07) is 4.41. The van der Waals surface area contributed by atoms with Crippen molar-refractivity contribution in [1.29, 1.82) is 0 Å². The van der Waals surface area contributed by atoms with Crippen LogP contribution in [-0.2, 0) is 30.8 Å². The largest absolute Gasteiger partial charge is 0.514 e. The van der Waals surface area contributed by atoms with Gasteiger partial charge < -0.3 is 33.5 Å². The number of carbonyl (C=O) groups is 1. The van der Waals surface area contributed by atoms with Gasteiger partial charge in [0.1, 0.15) is 18.3 Å². The van der Waals surface area contributed by atoms with Crippen molar-refractivity contribution in [3.63, 3.8) is 0 Å². The van der Waals surface area contributed by atoms with E-state index in [0.29, 0.717) is 37.4 Å². The van der Waals surface area contributed by atoms with Crippen molar-refractivity contribution in [2.75, 3.05) is 53.2 Å². The summed E-state index contributed by atoms with van der Waals surface area (Å²) in [4.78, 5) is 15.7. The molecule has 5 aliphatic carbocycles. The lowest BCUT2D eigenvalue weighted by Gasteiger charge is -2.75. The average Bonchev–Trinajstić information content (AvgIpc) is 3.75. The number of carbonyl (C=O) groups excluding carboxylic acids is 1. The SMILES string of the molecule is CCOCCOCCOC(=O)Oc1ccc2c3c1O[C@H]1[C@@]4(OC)CC[C@@]5(C[C@@H]4[C@](C)(O)C(C)(C)C)[C@@H](C2)N(CC2CC2)CC[C@]315. The standard InChI is InChI=1S/C36H53NO8/c1-7-41-16-17-42-18-19-43-31(38)44-25-11-10-24-20-27-34-12-13-36(40-6,26(21-34)33(5,39)32(2,3)4)30-35(34,28(24)29(25)45-30)14-15-37(27)22-23-8-9-23/h10-11,23,26-27,30,39H,7-9,12-22H2,1-6H3/t26-,27-,30-,33+,34-,35+,36-/m1/s1. The Hall–Kier alpha value is -1.91. The number of methoxy groups -OCH3 is 1. The molecule has 2 spiro atoms. The topological polar surface area (TPSA) is 95.9 Å². The Labute approximate surface area is 268 Å². The van der Waals surface area contributed by atoms with Gasteiger partial charge in [-0.3, -0.25) is 4.90 Å². The van der Waals surface area contributed by atoms with Crippen molar-refractivity contribution in [2.24, 2.45) is 22.7 Å². The highest BCUT2D eigenvalue weighted by molar-refractivity contribution is 5.70. The molecular weight excluding hydrogens is 574 g/mol. The van der Waals surface area contributed by atoms with Crippen LogP contribution in [0.15, 0.2) is 12.1 Å². The van der Waals surface area contributed by atoms with Crippen LogP contribution in [-0.4, -0.2) is 92.7 Å². The van der Waals surface area contributed by atoms with Gasteiger partial charge in [-0.05, 0) is 88.3 Å². The van der Waals surface area contributed by atoms with Crippen LogP contribution in [0.1, 0.15) is 84.3 Å². The molecule has 0 unspecified atom stereocenters. The molecule has 8 rings (SSSR count). The molecule has 7 aliphatic rings.